The van der Waals surface area contributed by atoms with Crippen LogP contribution in [0.15, 0.2) is 30.5 Å². The number of anilines is 1. The highest BCUT2D eigenvalue weighted by Gasteiger charge is 2.08. The Morgan fingerprint density at radius 3 is 2.84 bits per heavy atom. The molecule has 1 amide bonds. The van der Waals surface area contributed by atoms with E-state index in [1.54, 1.807) is 6.20 Å². The monoisotopic (exact) mass is 257 g/mol. The largest absolute Gasteiger partial charge is 0.324 e. The second-order valence-electron chi connectivity index (χ2n) is 4.91. The Bertz CT molecular complexity index is 593. The Labute approximate surface area is 113 Å². The first-order chi connectivity index (χ1) is 9.08. The smallest absolute Gasteiger partial charge is 0.238 e. The van der Waals surface area contributed by atoms with Crippen molar-refractivity contribution in [2.75, 3.05) is 11.9 Å². The molecular formula is C15H19N3O. The van der Waals surface area contributed by atoms with Crippen molar-refractivity contribution in [2.24, 2.45) is 0 Å². The molecule has 2 N–H and O–H groups in total. The van der Waals surface area contributed by atoms with Gasteiger partial charge in [0.1, 0.15) is 0 Å². The molecule has 100 valence electrons. The lowest BCUT2D eigenvalue weighted by molar-refractivity contribution is -0.115. The van der Waals surface area contributed by atoms with E-state index in [1.165, 1.54) is 0 Å². The van der Waals surface area contributed by atoms with Crippen LogP contribution in [0.5, 0.6) is 0 Å². The van der Waals surface area contributed by atoms with Crippen molar-refractivity contribution in [2.45, 2.75) is 26.8 Å². The number of fused-ring (bicyclic) bond motifs is 1. The van der Waals surface area contributed by atoms with E-state index < -0.39 is 0 Å². The van der Waals surface area contributed by atoms with Gasteiger partial charge in [-0.25, -0.2) is 0 Å². The van der Waals surface area contributed by atoms with Crippen LogP contribution in [0.3, 0.4) is 0 Å². The first-order valence-electron chi connectivity index (χ1n) is 6.45. The zero-order valence-electron chi connectivity index (χ0n) is 11.5. The van der Waals surface area contributed by atoms with E-state index in [9.17, 15) is 4.79 Å². The summed E-state index contributed by atoms with van der Waals surface area (Å²) in [5.41, 5.74) is 2.84. The molecule has 0 aliphatic carbocycles. The standard InChI is InChI=1S/C15H19N3O/c1-10(2)17-9-14(19)18-13-7-6-11(3)15-12(13)5-4-8-16-15/h4-8,10,17H,9H2,1-3H3,(H,18,19). The quantitative estimate of drug-likeness (QED) is 0.884. The second-order valence-corrected chi connectivity index (χ2v) is 4.91. The maximum Gasteiger partial charge on any atom is 0.238 e. The Balaban J connectivity index is 2.21. The molecule has 2 aromatic rings. The molecule has 0 fully saturated rings. The van der Waals surface area contributed by atoms with Crippen LogP contribution in [0.1, 0.15) is 19.4 Å². The third-order valence-corrected chi connectivity index (χ3v) is 2.92. The van der Waals surface area contributed by atoms with Crippen LogP contribution < -0.4 is 10.6 Å². The van der Waals surface area contributed by atoms with Crippen LogP contribution in [0.2, 0.25) is 0 Å². The number of hydrogen-bond donors (Lipinski definition) is 2. The number of carbonyl (C=O) groups is 1. The van der Waals surface area contributed by atoms with E-state index >= 15 is 0 Å². The average molecular weight is 257 g/mol. The van der Waals surface area contributed by atoms with Gasteiger partial charge in [0.05, 0.1) is 17.7 Å². The van der Waals surface area contributed by atoms with Gasteiger partial charge in [0.15, 0.2) is 0 Å². The summed E-state index contributed by atoms with van der Waals surface area (Å²) in [5, 5.41) is 7.00. The molecule has 0 atom stereocenters. The zero-order valence-corrected chi connectivity index (χ0v) is 11.5. The highest BCUT2D eigenvalue weighted by Crippen LogP contribution is 2.24. The van der Waals surface area contributed by atoms with Crippen molar-refractivity contribution in [1.29, 1.82) is 0 Å². The van der Waals surface area contributed by atoms with Gasteiger partial charge in [-0.2, -0.15) is 0 Å². The maximum atomic E-state index is 11.9. The Morgan fingerprint density at radius 1 is 1.32 bits per heavy atom. The van der Waals surface area contributed by atoms with Gasteiger partial charge in [0, 0.05) is 17.6 Å². The summed E-state index contributed by atoms with van der Waals surface area (Å²) < 4.78 is 0. The predicted molar refractivity (Wildman–Crippen MR) is 78.2 cm³/mol. The van der Waals surface area contributed by atoms with E-state index in [2.05, 4.69) is 15.6 Å². The van der Waals surface area contributed by atoms with Crippen LogP contribution in [-0.2, 0) is 4.79 Å². The van der Waals surface area contributed by atoms with E-state index in [0.717, 1.165) is 22.2 Å². The first kappa shape index (κ1) is 13.5. The summed E-state index contributed by atoms with van der Waals surface area (Å²) in [5.74, 6) is -0.0392. The lowest BCUT2D eigenvalue weighted by atomic mass is 10.1. The summed E-state index contributed by atoms with van der Waals surface area (Å²) in [4.78, 5) is 16.2. The molecule has 0 aliphatic rings. The number of aryl methyl sites for hydroxylation is 1. The molecule has 4 heteroatoms. The molecule has 2 rings (SSSR count). The van der Waals surface area contributed by atoms with Crippen molar-refractivity contribution in [3.63, 3.8) is 0 Å². The van der Waals surface area contributed by atoms with Gasteiger partial charge in [-0.15, -0.1) is 0 Å². The molecule has 0 radical (unpaired) electrons. The minimum absolute atomic E-state index is 0.0392. The minimum Gasteiger partial charge on any atom is -0.324 e. The van der Waals surface area contributed by atoms with Gasteiger partial charge in [-0.1, -0.05) is 19.9 Å². The van der Waals surface area contributed by atoms with E-state index in [1.807, 2.05) is 45.0 Å². The zero-order chi connectivity index (χ0) is 13.8. The molecule has 1 aromatic heterocycles. The number of benzene rings is 1. The van der Waals surface area contributed by atoms with Crippen LogP contribution in [0.4, 0.5) is 5.69 Å². The highest BCUT2D eigenvalue weighted by atomic mass is 16.1. The lowest BCUT2D eigenvalue weighted by Gasteiger charge is -2.11. The summed E-state index contributed by atoms with van der Waals surface area (Å²) >= 11 is 0. The number of amides is 1. The fraction of sp³-hybridized carbons (Fsp3) is 0.333. The van der Waals surface area contributed by atoms with Gasteiger partial charge in [0.2, 0.25) is 5.91 Å². The molecule has 1 heterocycles. The van der Waals surface area contributed by atoms with E-state index in [4.69, 9.17) is 0 Å². The van der Waals surface area contributed by atoms with Crippen LogP contribution >= 0.6 is 0 Å². The maximum absolute atomic E-state index is 11.9. The van der Waals surface area contributed by atoms with Crippen molar-refractivity contribution in [3.05, 3.63) is 36.0 Å². The van der Waals surface area contributed by atoms with Crippen molar-refractivity contribution in [1.82, 2.24) is 10.3 Å². The molecule has 0 saturated heterocycles. The SMILES string of the molecule is Cc1ccc(NC(=O)CNC(C)C)c2cccnc12. The summed E-state index contributed by atoms with van der Waals surface area (Å²) in [6.07, 6.45) is 1.77. The summed E-state index contributed by atoms with van der Waals surface area (Å²) in [7, 11) is 0. The summed E-state index contributed by atoms with van der Waals surface area (Å²) in [6.45, 7) is 6.35. The number of carbonyl (C=O) groups excluding carboxylic acids is 1. The highest BCUT2D eigenvalue weighted by molar-refractivity contribution is 6.02. The number of pyridine rings is 1. The molecule has 4 nitrogen and oxygen atoms in total. The van der Waals surface area contributed by atoms with Gasteiger partial charge >= 0.3 is 0 Å². The lowest BCUT2D eigenvalue weighted by Crippen LogP contribution is -2.32. The van der Waals surface area contributed by atoms with E-state index in [-0.39, 0.29) is 5.91 Å². The van der Waals surface area contributed by atoms with E-state index in [0.29, 0.717) is 12.6 Å². The molecule has 0 saturated carbocycles. The average Bonchev–Trinajstić information content (AvgIpc) is 2.40. The number of hydrogen-bond acceptors (Lipinski definition) is 3. The third kappa shape index (κ3) is 3.29. The number of rotatable bonds is 4. The topological polar surface area (TPSA) is 54.0 Å². The number of nitrogens with zero attached hydrogens (tertiary/aromatic N) is 1. The van der Waals surface area contributed by atoms with Crippen molar-refractivity contribution < 1.29 is 4.79 Å². The van der Waals surface area contributed by atoms with Crippen molar-refractivity contribution >= 4 is 22.5 Å². The minimum atomic E-state index is -0.0392. The molecular weight excluding hydrogens is 238 g/mol. The fourth-order valence-corrected chi connectivity index (χ4v) is 1.91. The summed E-state index contributed by atoms with van der Waals surface area (Å²) in [6, 6.07) is 8.04. The Kier molecular flexibility index (Phi) is 4.12. The van der Waals surface area contributed by atoms with Gasteiger partial charge in [-0.05, 0) is 30.7 Å². The predicted octanol–water partition coefficient (Wildman–Crippen LogP) is 2.48. The molecule has 0 unspecified atom stereocenters. The second kappa shape index (κ2) is 5.80. The number of aromatic nitrogens is 1. The number of nitrogens with one attached hydrogen (secondary N) is 2. The Hall–Kier alpha value is -1.94. The fourth-order valence-electron chi connectivity index (χ4n) is 1.91. The van der Waals surface area contributed by atoms with Crippen molar-refractivity contribution in [3.8, 4) is 0 Å². The normalized spacial score (nSPS) is 10.9. The van der Waals surface area contributed by atoms with Gasteiger partial charge in [0.25, 0.3) is 0 Å². The molecule has 0 spiro atoms. The van der Waals surface area contributed by atoms with Crippen LogP contribution in [0, 0.1) is 6.92 Å². The van der Waals surface area contributed by atoms with Gasteiger partial charge in [-0.3, -0.25) is 9.78 Å². The molecule has 1 aromatic carbocycles. The molecule has 0 bridgehead atoms. The first-order valence-corrected chi connectivity index (χ1v) is 6.45. The molecule has 19 heavy (non-hydrogen) atoms. The third-order valence-electron chi connectivity index (χ3n) is 2.92. The molecule has 0 aliphatic heterocycles. The Morgan fingerprint density at radius 2 is 2.11 bits per heavy atom. The van der Waals surface area contributed by atoms with Gasteiger partial charge < -0.3 is 10.6 Å². The van der Waals surface area contributed by atoms with Crippen LogP contribution in [-0.4, -0.2) is 23.5 Å². The van der Waals surface area contributed by atoms with Crippen LogP contribution in [0.25, 0.3) is 10.9 Å².